The van der Waals surface area contributed by atoms with Crippen LogP contribution >= 0.6 is 23.2 Å². The largest absolute Gasteiger partial charge is 0.478 e. The maximum Gasteiger partial charge on any atom is 0.335 e. The Hall–Kier alpha value is -2.29. The monoisotopic (exact) mass is 370 g/mol. The fraction of sp³-hybridized carbons (Fsp3) is 0.0952. The summed E-state index contributed by atoms with van der Waals surface area (Å²) in [5.41, 5.74) is 4.27. The number of benzene rings is 3. The molecule has 0 aliphatic heterocycles. The molecule has 25 heavy (non-hydrogen) atoms. The molecule has 126 valence electrons. The molecular formula is C21H16Cl2O2. The van der Waals surface area contributed by atoms with Gasteiger partial charge >= 0.3 is 5.97 Å². The van der Waals surface area contributed by atoms with Gasteiger partial charge in [-0.2, -0.15) is 0 Å². The highest BCUT2D eigenvalue weighted by atomic mass is 35.5. The molecule has 0 aromatic heterocycles. The highest BCUT2D eigenvalue weighted by Gasteiger charge is 2.15. The van der Waals surface area contributed by atoms with E-state index in [1.165, 1.54) is 0 Å². The minimum absolute atomic E-state index is 0.335. The second kappa shape index (κ2) is 7.73. The second-order valence-corrected chi connectivity index (χ2v) is 6.73. The molecule has 0 aliphatic carbocycles. The van der Waals surface area contributed by atoms with Crippen LogP contribution in [0.5, 0.6) is 0 Å². The molecule has 0 unspecified atom stereocenters. The van der Waals surface area contributed by atoms with Crippen LogP contribution in [0.2, 0.25) is 10.0 Å². The van der Waals surface area contributed by atoms with Gasteiger partial charge in [0.05, 0.1) is 5.56 Å². The van der Waals surface area contributed by atoms with Crippen molar-refractivity contribution in [2.45, 2.75) is 12.8 Å². The van der Waals surface area contributed by atoms with Gasteiger partial charge in [-0.1, -0.05) is 59.6 Å². The van der Waals surface area contributed by atoms with Crippen LogP contribution in [0.1, 0.15) is 32.6 Å². The molecule has 0 heterocycles. The summed E-state index contributed by atoms with van der Waals surface area (Å²) in [5.74, 6) is -0.915. The average Bonchev–Trinajstić information content (AvgIpc) is 2.60. The molecule has 0 fully saturated rings. The Morgan fingerprint density at radius 3 is 1.80 bits per heavy atom. The van der Waals surface area contributed by atoms with E-state index in [4.69, 9.17) is 23.2 Å². The average molecular weight is 371 g/mol. The lowest BCUT2D eigenvalue weighted by molar-refractivity contribution is 0.0695. The molecule has 0 saturated heterocycles. The zero-order valence-corrected chi connectivity index (χ0v) is 14.9. The zero-order valence-electron chi connectivity index (χ0n) is 13.4. The Kier molecular flexibility index (Phi) is 5.42. The van der Waals surface area contributed by atoms with Crippen molar-refractivity contribution in [1.82, 2.24) is 0 Å². The van der Waals surface area contributed by atoms with Gasteiger partial charge in [0.25, 0.3) is 0 Å². The van der Waals surface area contributed by atoms with Crippen LogP contribution in [0.3, 0.4) is 0 Å². The van der Waals surface area contributed by atoms with E-state index in [2.05, 4.69) is 0 Å². The van der Waals surface area contributed by atoms with Crippen molar-refractivity contribution in [2.24, 2.45) is 0 Å². The molecule has 2 nitrogen and oxygen atoms in total. The number of hydrogen-bond donors (Lipinski definition) is 1. The summed E-state index contributed by atoms with van der Waals surface area (Å²) in [7, 11) is 0. The summed E-state index contributed by atoms with van der Waals surface area (Å²) in [6.45, 7) is 0. The van der Waals surface area contributed by atoms with Crippen molar-refractivity contribution in [1.29, 1.82) is 0 Å². The minimum atomic E-state index is -0.915. The number of halogens is 2. The summed E-state index contributed by atoms with van der Waals surface area (Å²) in [6.07, 6.45) is 1.20. The Morgan fingerprint density at radius 1 is 0.760 bits per heavy atom. The fourth-order valence-corrected chi connectivity index (χ4v) is 3.09. The number of carboxylic acid groups (broad SMARTS) is 1. The molecule has 1 N–H and O–H groups in total. The van der Waals surface area contributed by atoms with E-state index in [0.29, 0.717) is 28.5 Å². The van der Waals surface area contributed by atoms with Crippen LogP contribution in [0, 0.1) is 0 Å². The molecule has 0 radical (unpaired) electrons. The summed E-state index contributed by atoms with van der Waals surface area (Å²) in [4.78, 5) is 11.7. The van der Waals surface area contributed by atoms with Crippen molar-refractivity contribution >= 4 is 29.2 Å². The standard InChI is InChI=1S/C21H16Cl2O2/c22-17-8-4-14(5-9-17)12-16-2-1-3-19(21(24)25)20(16)13-15-6-10-18(23)11-7-15/h1-11H,12-13H2,(H,24,25). The Morgan fingerprint density at radius 2 is 1.28 bits per heavy atom. The molecule has 0 spiro atoms. The van der Waals surface area contributed by atoms with E-state index >= 15 is 0 Å². The van der Waals surface area contributed by atoms with Gasteiger partial charge < -0.3 is 5.11 Å². The van der Waals surface area contributed by atoms with E-state index < -0.39 is 5.97 Å². The van der Waals surface area contributed by atoms with Gasteiger partial charge in [0.1, 0.15) is 0 Å². The van der Waals surface area contributed by atoms with Crippen LogP contribution in [-0.4, -0.2) is 11.1 Å². The number of aromatic carboxylic acids is 1. The first kappa shape index (κ1) is 17.5. The van der Waals surface area contributed by atoms with Crippen LogP contribution < -0.4 is 0 Å². The molecular weight excluding hydrogens is 355 g/mol. The highest BCUT2D eigenvalue weighted by Crippen LogP contribution is 2.23. The Bertz CT molecular complexity index is 885. The lowest BCUT2D eigenvalue weighted by Gasteiger charge is -2.13. The van der Waals surface area contributed by atoms with Gasteiger partial charge in [0, 0.05) is 10.0 Å². The third-order valence-electron chi connectivity index (χ3n) is 4.11. The fourth-order valence-electron chi connectivity index (χ4n) is 2.84. The number of carboxylic acids is 1. The third kappa shape index (κ3) is 4.41. The molecule has 4 heteroatoms. The van der Waals surface area contributed by atoms with E-state index in [0.717, 1.165) is 22.3 Å². The second-order valence-electron chi connectivity index (χ2n) is 5.85. The van der Waals surface area contributed by atoms with Crippen molar-refractivity contribution in [3.8, 4) is 0 Å². The normalized spacial score (nSPS) is 10.6. The molecule has 3 aromatic carbocycles. The lowest BCUT2D eigenvalue weighted by Crippen LogP contribution is -2.07. The van der Waals surface area contributed by atoms with E-state index in [1.807, 2.05) is 54.6 Å². The first-order chi connectivity index (χ1) is 12.0. The van der Waals surface area contributed by atoms with Crippen molar-refractivity contribution < 1.29 is 9.90 Å². The number of rotatable bonds is 5. The summed E-state index contributed by atoms with van der Waals surface area (Å²) < 4.78 is 0. The van der Waals surface area contributed by atoms with Crippen LogP contribution in [0.25, 0.3) is 0 Å². The molecule has 0 amide bonds. The smallest absolute Gasteiger partial charge is 0.335 e. The lowest BCUT2D eigenvalue weighted by atomic mass is 9.91. The van der Waals surface area contributed by atoms with Gasteiger partial charge in [0.15, 0.2) is 0 Å². The predicted molar refractivity (Wildman–Crippen MR) is 102 cm³/mol. The Balaban J connectivity index is 1.99. The predicted octanol–water partition coefficient (Wildman–Crippen LogP) is 5.87. The highest BCUT2D eigenvalue weighted by molar-refractivity contribution is 6.30. The van der Waals surface area contributed by atoms with Gasteiger partial charge in [-0.15, -0.1) is 0 Å². The van der Waals surface area contributed by atoms with Crippen LogP contribution in [0.15, 0.2) is 66.7 Å². The topological polar surface area (TPSA) is 37.3 Å². The summed E-state index contributed by atoms with van der Waals surface area (Å²) in [5, 5.41) is 10.9. The first-order valence-electron chi connectivity index (χ1n) is 7.86. The van der Waals surface area contributed by atoms with Gasteiger partial charge in [-0.3, -0.25) is 0 Å². The molecule has 3 rings (SSSR count). The van der Waals surface area contributed by atoms with E-state index in [1.54, 1.807) is 12.1 Å². The zero-order chi connectivity index (χ0) is 17.8. The molecule has 0 atom stereocenters. The SMILES string of the molecule is O=C(O)c1cccc(Cc2ccc(Cl)cc2)c1Cc1ccc(Cl)cc1. The molecule has 0 aliphatic rings. The van der Waals surface area contributed by atoms with Crippen molar-refractivity contribution in [3.05, 3.63) is 105 Å². The molecule has 0 bridgehead atoms. The van der Waals surface area contributed by atoms with Gasteiger partial charge in [-0.05, 0) is 65.4 Å². The van der Waals surface area contributed by atoms with E-state index in [-0.39, 0.29) is 0 Å². The Labute approximate surface area is 156 Å². The maximum absolute atomic E-state index is 11.7. The summed E-state index contributed by atoms with van der Waals surface area (Å²) in [6, 6.07) is 20.5. The number of carbonyl (C=O) groups is 1. The third-order valence-corrected chi connectivity index (χ3v) is 4.61. The van der Waals surface area contributed by atoms with Crippen molar-refractivity contribution in [2.75, 3.05) is 0 Å². The molecule has 3 aromatic rings. The van der Waals surface area contributed by atoms with Crippen molar-refractivity contribution in [3.63, 3.8) is 0 Å². The maximum atomic E-state index is 11.7. The minimum Gasteiger partial charge on any atom is -0.478 e. The quantitative estimate of drug-likeness (QED) is 0.609. The van der Waals surface area contributed by atoms with Gasteiger partial charge in [-0.25, -0.2) is 4.79 Å². The molecule has 0 saturated carbocycles. The van der Waals surface area contributed by atoms with E-state index in [9.17, 15) is 9.90 Å². The first-order valence-corrected chi connectivity index (χ1v) is 8.61. The van der Waals surface area contributed by atoms with Crippen LogP contribution in [-0.2, 0) is 12.8 Å². The van der Waals surface area contributed by atoms with Crippen LogP contribution in [0.4, 0.5) is 0 Å². The summed E-state index contributed by atoms with van der Waals surface area (Å²) >= 11 is 11.9. The number of hydrogen-bond acceptors (Lipinski definition) is 1. The van der Waals surface area contributed by atoms with Gasteiger partial charge in [0.2, 0.25) is 0 Å².